The minimum absolute atomic E-state index is 0.0334. The second-order valence-electron chi connectivity index (χ2n) is 7.75. The van der Waals surface area contributed by atoms with E-state index in [0.717, 1.165) is 37.8 Å². The predicted molar refractivity (Wildman–Crippen MR) is 107 cm³/mol. The highest BCUT2D eigenvalue weighted by Gasteiger charge is 2.30. The Labute approximate surface area is 175 Å². The van der Waals surface area contributed by atoms with E-state index in [9.17, 15) is 22.8 Å². The zero-order chi connectivity index (χ0) is 22.0. The van der Waals surface area contributed by atoms with Crippen LogP contribution in [0.4, 0.5) is 13.2 Å². The van der Waals surface area contributed by atoms with Crippen molar-refractivity contribution in [1.82, 2.24) is 24.6 Å². The minimum Gasteiger partial charge on any atom is -0.354 e. The highest BCUT2D eigenvalue weighted by Crippen LogP contribution is 2.29. The van der Waals surface area contributed by atoms with Gasteiger partial charge < -0.3 is 5.32 Å². The maximum Gasteiger partial charge on any atom is 0.416 e. The van der Waals surface area contributed by atoms with Crippen LogP contribution in [0.3, 0.4) is 0 Å². The second kappa shape index (κ2) is 8.52. The van der Waals surface area contributed by atoms with Gasteiger partial charge in [-0.3, -0.25) is 14.2 Å². The van der Waals surface area contributed by atoms with Crippen molar-refractivity contribution in [3.8, 4) is 0 Å². The van der Waals surface area contributed by atoms with Gasteiger partial charge in [-0.15, -0.1) is 0 Å². The summed E-state index contributed by atoms with van der Waals surface area (Å²) in [4.78, 5) is 29.2. The summed E-state index contributed by atoms with van der Waals surface area (Å²) in [5.74, 6) is 0.126. The molecule has 0 unspecified atom stereocenters. The summed E-state index contributed by atoms with van der Waals surface area (Å²) < 4.78 is 41.6. The molecule has 1 aromatic carbocycles. The molecular weight excluding hydrogens is 411 g/mol. The Morgan fingerprint density at radius 2 is 2.00 bits per heavy atom. The predicted octanol–water partition coefficient (Wildman–Crippen LogP) is 2.97. The smallest absolute Gasteiger partial charge is 0.354 e. The highest BCUT2D eigenvalue weighted by molar-refractivity contribution is 5.78. The van der Waals surface area contributed by atoms with E-state index in [0.29, 0.717) is 24.3 Å². The Morgan fingerprint density at radius 3 is 2.74 bits per heavy atom. The van der Waals surface area contributed by atoms with Crippen molar-refractivity contribution < 1.29 is 18.0 Å². The largest absolute Gasteiger partial charge is 0.416 e. The Hall–Kier alpha value is -3.17. The summed E-state index contributed by atoms with van der Waals surface area (Å²) in [6, 6.07) is 4.85. The van der Waals surface area contributed by atoms with E-state index < -0.39 is 11.7 Å². The van der Waals surface area contributed by atoms with E-state index in [2.05, 4.69) is 15.4 Å². The molecule has 1 N–H and O–H groups in total. The molecule has 0 radical (unpaired) electrons. The third-order valence-corrected chi connectivity index (χ3v) is 5.58. The van der Waals surface area contributed by atoms with Crippen LogP contribution in [-0.2, 0) is 24.1 Å². The molecule has 7 nitrogen and oxygen atoms in total. The first-order chi connectivity index (χ1) is 14.8. The molecule has 1 amide bonds. The monoisotopic (exact) mass is 433 g/mol. The van der Waals surface area contributed by atoms with Crippen LogP contribution in [0.1, 0.15) is 36.8 Å². The summed E-state index contributed by atoms with van der Waals surface area (Å²) in [6.45, 7) is 0.710. The number of amides is 1. The number of hydrogen-bond acceptors (Lipinski definition) is 4. The highest BCUT2D eigenvalue weighted by atomic mass is 19.4. The van der Waals surface area contributed by atoms with E-state index >= 15 is 0 Å². The standard InChI is InChI=1S/C21H22F3N5O2/c22-21(23,24)16-7-3-4-14(10-16)12-28-13-26-18-17(20(28)31)11-27-29(18)9-8-25-19(30)15-5-1-2-6-15/h3-4,7,10-11,13,15H,1-2,5-6,8-9,12H2,(H,25,30). The number of alkyl halides is 3. The van der Waals surface area contributed by atoms with Gasteiger partial charge in [-0.05, 0) is 30.5 Å². The lowest BCUT2D eigenvalue weighted by Gasteiger charge is -2.11. The van der Waals surface area contributed by atoms with Crippen molar-refractivity contribution in [1.29, 1.82) is 0 Å². The van der Waals surface area contributed by atoms with Gasteiger partial charge in [0.15, 0.2) is 5.65 Å². The van der Waals surface area contributed by atoms with Crippen molar-refractivity contribution in [2.24, 2.45) is 5.92 Å². The number of hydrogen-bond donors (Lipinski definition) is 1. The Kier molecular flexibility index (Phi) is 5.79. The van der Waals surface area contributed by atoms with Gasteiger partial charge in [0.25, 0.3) is 5.56 Å². The van der Waals surface area contributed by atoms with E-state index in [1.807, 2.05) is 0 Å². The van der Waals surface area contributed by atoms with Crippen molar-refractivity contribution in [3.05, 3.63) is 58.3 Å². The second-order valence-corrected chi connectivity index (χ2v) is 7.75. The van der Waals surface area contributed by atoms with Gasteiger partial charge in [0.2, 0.25) is 5.91 Å². The molecule has 0 bridgehead atoms. The molecule has 0 spiro atoms. The molecular formula is C21H22F3N5O2. The first-order valence-corrected chi connectivity index (χ1v) is 10.2. The van der Waals surface area contributed by atoms with E-state index in [1.165, 1.54) is 29.2 Å². The minimum atomic E-state index is -4.45. The number of carbonyl (C=O) groups excluding carboxylic acids is 1. The van der Waals surface area contributed by atoms with E-state index in [1.54, 1.807) is 4.68 Å². The fourth-order valence-electron chi connectivity index (χ4n) is 3.93. The molecule has 0 aliphatic heterocycles. The normalized spacial score (nSPS) is 14.9. The van der Waals surface area contributed by atoms with Gasteiger partial charge in [-0.25, -0.2) is 9.67 Å². The fourth-order valence-corrected chi connectivity index (χ4v) is 3.93. The maximum atomic E-state index is 12.9. The van der Waals surface area contributed by atoms with E-state index in [-0.39, 0.29) is 29.3 Å². The van der Waals surface area contributed by atoms with Crippen LogP contribution in [0.15, 0.2) is 41.6 Å². The topological polar surface area (TPSA) is 81.8 Å². The number of carbonyl (C=O) groups is 1. The summed E-state index contributed by atoms with van der Waals surface area (Å²) in [5.41, 5.74) is -0.427. The fraction of sp³-hybridized carbons (Fsp3) is 0.429. The van der Waals surface area contributed by atoms with Gasteiger partial charge in [-0.1, -0.05) is 25.0 Å². The number of rotatable bonds is 6. The average molecular weight is 433 g/mol. The van der Waals surface area contributed by atoms with Crippen LogP contribution >= 0.6 is 0 Å². The molecule has 1 aliphatic carbocycles. The third kappa shape index (κ3) is 4.62. The lowest BCUT2D eigenvalue weighted by Crippen LogP contribution is -2.32. The molecule has 10 heteroatoms. The van der Waals surface area contributed by atoms with Gasteiger partial charge >= 0.3 is 6.18 Å². The Balaban J connectivity index is 1.46. The number of nitrogens with one attached hydrogen (secondary N) is 1. The molecule has 0 atom stereocenters. The number of nitrogens with zero attached hydrogens (tertiary/aromatic N) is 4. The quantitative estimate of drug-likeness (QED) is 0.648. The molecule has 1 fully saturated rings. The maximum absolute atomic E-state index is 12.9. The first-order valence-electron chi connectivity index (χ1n) is 10.2. The van der Waals surface area contributed by atoms with Crippen LogP contribution in [-0.4, -0.2) is 31.8 Å². The van der Waals surface area contributed by atoms with Gasteiger partial charge in [-0.2, -0.15) is 18.3 Å². The van der Waals surface area contributed by atoms with Gasteiger partial charge in [0.1, 0.15) is 11.7 Å². The van der Waals surface area contributed by atoms with E-state index in [4.69, 9.17) is 0 Å². The molecule has 1 saturated carbocycles. The van der Waals surface area contributed by atoms with Crippen LogP contribution in [0, 0.1) is 5.92 Å². The van der Waals surface area contributed by atoms with Crippen molar-refractivity contribution in [2.75, 3.05) is 6.54 Å². The zero-order valence-electron chi connectivity index (χ0n) is 16.7. The SMILES string of the molecule is O=C(NCCn1ncc2c(=O)n(Cc3cccc(C(F)(F)F)c3)cnc21)C1CCCC1. The average Bonchev–Trinajstić information content (AvgIpc) is 3.40. The van der Waals surface area contributed by atoms with Crippen LogP contribution in [0.2, 0.25) is 0 Å². The summed E-state index contributed by atoms with van der Waals surface area (Å²) in [5, 5.41) is 7.36. The Morgan fingerprint density at radius 1 is 1.23 bits per heavy atom. The summed E-state index contributed by atoms with van der Waals surface area (Å²) >= 11 is 0. The molecule has 3 aromatic rings. The molecule has 164 valence electrons. The van der Waals surface area contributed by atoms with Crippen molar-refractivity contribution in [3.63, 3.8) is 0 Å². The van der Waals surface area contributed by atoms with Crippen molar-refractivity contribution in [2.45, 2.75) is 44.9 Å². The number of fused-ring (bicyclic) bond motifs is 1. The third-order valence-electron chi connectivity index (χ3n) is 5.58. The van der Waals surface area contributed by atoms with Gasteiger partial charge in [0.05, 0.1) is 24.8 Å². The van der Waals surface area contributed by atoms with Crippen LogP contribution in [0.5, 0.6) is 0 Å². The number of aromatic nitrogens is 4. The summed E-state index contributed by atoms with van der Waals surface area (Å²) in [6.07, 6.45) is 2.26. The molecule has 2 aromatic heterocycles. The number of halogens is 3. The van der Waals surface area contributed by atoms with Gasteiger partial charge in [0, 0.05) is 12.5 Å². The molecule has 31 heavy (non-hydrogen) atoms. The lowest BCUT2D eigenvalue weighted by molar-refractivity contribution is -0.137. The number of benzene rings is 1. The molecule has 0 saturated heterocycles. The van der Waals surface area contributed by atoms with Crippen molar-refractivity contribution >= 4 is 16.9 Å². The summed E-state index contributed by atoms with van der Waals surface area (Å²) in [7, 11) is 0. The zero-order valence-corrected chi connectivity index (χ0v) is 16.7. The Bertz CT molecular complexity index is 1150. The molecule has 2 heterocycles. The van der Waals surface area contributed by atoms with Crippen LogP contribution in [0.25, 0.3) is 11.0 Å². The molecule has 1 aliphatic rings. The molecule has 4 rings (SSSR count). The lowest BCUT2D eigenvalue weighted by atomic mass is 10.1. The van der Waals surface area contributed by atoms with Crippen LogP contribution < -0.4 is 10.9 Å². The first kappa shape index (κ1) is 21.1.